The Balaban J connectivity index is 2.41. The second kappa shape index (κ2) is 1.69. The molecule has 0 aromatic carbocycles. The van der Waals surface area contributed by atoms with Crippen molar-refractivity contribution in [2.45, 2.75) is 18.8 Å². The largest absolute Gasteiger partial charge is 0.350 e. The van der Waals surface area contributed by atoms with Gasteiger partial charge in [0.2, 0.25) is 5.79 Å². The Morgan fingerprint density at radius 1 is 1.88 bits per heavy atom. The molecule has 0 aliphatic carbocycles. The lowest BCUT2D eigenvalue weighted by Crippen LogP contribution is -2.36. The Morgan fingerprint density at radius 3 is 2.38 bits per heavy atom. The molecule has 1 heterocycles. The summed E-state index contributed by atoms with van der Waals surface area (Å²) in [7, 11) is 1.61. The average molecular weight is 117 g/mol. The molecule has 1 aliphatic heterocycles. The monoisotopic (exact) mass is 117 g/mol. The van der Waals surface area contributed by atoms with Crippen molar-refractivity contribution in [2.24, 2.45) is 5.73 Å². The highest BCUT2D eigenvalue weighted by Gasteiger charge is 2.48. The summed E-state index contributed by atoms with van der Waals surface area (Å²) in [5.74, 6) is -0.431. The first-order valence-corrected chi connectivity index (χ1v) is 2.66. The van der Waals surface area contributed by atoms with E-state index < -0.39 is 5.79 Å². The van der Waals surface area contributed by atoms with Crippen LogP contribution in [0.25, 0.3) is 0 Å². The molecular weight excluding hydrogens is 106 g/mol. The van der Waals surface area contributed by atoms with Gasteiger partial charge in [-0.3, -0.25) is 0 Å². The van der Waals surface area contributed by atoms with Crippen molar-refractivity contribution in [3.63, 3.8) is 0 Å². The summed E-state index contributed by atoms with van der Waals surface area (Å²) in [6, 6.07) is -0.0208. The lowest BCUT2D eigenvalue weighted by atomic mass is 10.2. The van der Waals surface area contributed by atoms with Gasteiger partial charge in [0, 0.05) is 7.11 Å². The topological polar surface area (TPSA) is 47.8 Å². The normalized spacial score (nSPS) is 39.4. The van der Waals surface area contributed by atoms with E-state index in [1.54, 1.807) is 7.11 Å². The number of epoxide rings is 1. The zero-order valence-electron chi connectivity index (χ0n) is 5.18. The highest BCUT2D eigenvalue weighted by atomic mass is 16.8. The molecule has 0 amide bonds. The lowest BCUT2D eigenvalue weighted by Gasteiger charge is -2.12. The molecule has 0 saturated carbocycles. The van der Waals surface area contributed by atoms with E-state index in [0.29, 0.717) is 6.61 Å². The van der Waals surface area contributed by atoms with E-state index in [1.165, 1.54) is 0 Å². The summed E-state index contributed by atoms with van der Waals surface area (Å²) in [6.45, 7) is 2.51. The Hall–Kier alpha value is -0.120. The molecular formula is C5H11NO2. The van der Waals surface area contributed by atoms with Crippen LogP contribution in [0.1, 0.15) is 6.92 Å². The highest BCUT2D eigenvalue weighted by Crippen LogP contribution is 2.29. The van der Waals surface area contributed by atoms with Crippen LogP contribution in [0.15, 0.2) is 0 Å². The standard InChI is InChI=1S/C5H11NO2/c1-4(6)5(7-2)3-8-5/h4H,3,6H2,1-2H3/t4-,5?/m0/s1. The fourth-order valence-electron chi connectivity index (χ4n) is 0.638. The minimum Gasteiger partial charge on any atom is -0.350 e. The lowest BCUT2D eigenvalue weighted by molar-refractivity contribution is -0.0249. The van der Waals surface area contributed by atoms with Crippen LogP contribution in [-0.2, 0) is 9.47 Å². The van der Waals surface area contributed by atoms with Gasteiger partial charge in [0.05, 0.1) is 6.04 Å². The predicted molar refractivity (Wildman–Crippen MR) is 29.3 cm³/mol. The molecule has 0 spiro atoms. The SMILES string of the molecule is COC1([C@H](C)N)CO1. The van der Waals surface area contributed by atoms with Crippen molar-refractivity contribution in [3.8, 4) is 0 Å². The molecule has 3 nitrogen and oxygen atoms in total. The zero-order chi connectivity index (χ0) is 6.20. The van der Waals surface area contributed by atoms with Crippen LogP contribution < -0.4 is 5.73 Å². The van der Waals surface area contributed by atoms with Crippen LogP contribution in [0.4, 0.5) is 0 Å². The zero-order valence-corrected chi connectivity index (χ0v) is 5.18. The third-order valence-corrected chi connectivity index (χ3v) is 1.47. The third-order valence-electron chi connectivity index (χ3n) is 1.47. The average Bonchev–Trinajstić information content (AvgIpc) is 2.44. The molecule has 2 atom stereocenters. The third kappa shape index (κ3) is 0.727. The van der Waals surface area contributed by atoms with Crippen LogP contribution in [-0.4, -0.2) is 25.5 Å². The van der Waals surface area contributed by atoms with Gasteiger partial charge in [0.15, 0.2) is 0 Å². The van der Waals surface area contributed by atoms with Gasteiger partial charge in [-0.25, -0.2) is 0 Å². The first kappa shape index (κ1) is 6.01. The maximum Gasteiger partial charge on any atom is 0.207 e. The minimum atomic E-state index is -0.431. The minimum absolute atomic E-state index is 0.0208. The Labute approximate surface area is 48.8 Å². The number of rotatable bonds is 2. The van der Waals surface area contributed by atoms with E-state index in [1.807, 2.05) is 6.92 Å². The van der Waals surface area contributed by atoms with Crippen molar-refractivity contribution in [3.05, 3.63) is 0 Å². The summed E-state index contributed by atoms with van der Waals surface area (Å²) in [6.07, 6.45) is 0. The van der Waals surface area contributed by atoms with Crippen molar-refractivity contribution < 1.29 is 9.47 Å². The Morgan fingerprint density at radius 2 is 2.38 bits per heavy atom. The van der Waals surface area contributed by atoms with E-state index in [2.05, 4.69) is 0 Å². The van der Waals surface area contributed by atoms with Gasteiger partial charge >= 0.3 is 0 Å². The molecule has 1 saturated heterocycles. The number of nitrogens with two attached hydrogens (primary N) is 1. The molecule has 1 aliphatic rings. The molecule has 3 heteroatoms. The van der Waals surface area contributed by atoms with Gasteiger partial charge in [0.1, 0.15) is 6.61 Å². The molecule has 0 aromatic heterocycles. The molecule has 0 bridgehead atoms. The number of methoxy groups -OCH3 is 1. The van der Waals surface area contributed by atoms with E-state index in [-0.39, 0.29) is 6.04 Å². The van der Waals surface area contributed by atoms with E-state index in [0.717, 1.165) is 0 Å². The van der Waals surface area contributed by atoms with Crippen LogP contribution >= 0.6 is 0 Å². The van der Waals surface area contributed by atoms with Crippen molar-refractivity contribution in [1.82, 2.24) is 0 Å². The van der Waals surface area contributed by atoms with Gasteiger partial charge < -0.3 is 15.2 Å². The van der Waals surface area contributed by atoms with Gasteiger partial charge in [-0.2, -0.15) is 0 Å². The van der Waals surface area contributed by atoms with Crippen LogP contribution in [0, 0.1) is 0 Å². The molecule has 48 valence electrons. The molecule has 1 unspecified atom stereocenters. The Bertz CT molecular complexity index is 88.4. The summed E-state index contributed by atoms with van der Waals surface area (Å²) in [4.78, 5) is 0. The molecule has 1 rings (SSSR count). The molecule has 8 heavy (non-hydrogen) atoms. The highest BCUT2D eigenvalue weighted by molar-refractivity contribution is 4.89. The van der Waals surface area contributed by atoms with Gasteiger partial charge in [0.25, 0.3) is 0 Å². The van der Waals surface area contributed by atoms with Gasteiger partial charge in [-0.1, -0.05) is 0 Å². The van der Waals surface area contributed by atoms with Crippen LogP contribution in [0.5, 0.6) is 0 Å². The Kier molecular flexibility index (Phi) is 1.27. The molecule has 2 N–H and O–H groups in total. The fraction of sp³-hybridized carbons (Fsp3) is 1.00. The van der Waals surface area contributed by atoms with Crippen molar-refractivity contribution in [2.75, 3.05) is 13.7 Å². The van der Waals surface area contributed by atoms with Crippen molar-refractivity contribution in [1.29, 1.82) is 0 Å². The molecule has 1 fully saturated rings. The van der Waals surface area contributed by atoms with E-state index >= 15 is 0 Å². The van der Waals surface area contributed by atoms with E-state index in [4.69, 9.17) is 15.2 Å². The second-order valence-electron chi connectivity index (χ2n) is 2.09. The quantitative estimate of drug-likeness (QED) is 0.505. The fourth-order valence-corrected chi connectivity index (χ4v) is 0.638. The summed E-state index contributed by atoms with van der Waals surface area (Å²) in [5.41, 5.74) is 5.49. The van der Waals surface area contributed by atoms with Crippen molar-refractivity contribution >= 4 is 0 Å². The first-order chi connectivity index (χ1) is 3.71. The summed E-state index contributed by atoms with van der Waals surface area (Å²) < 4.78 is 9.92. The number of hydrogen-bond acceptors (Lipinski definition) is 3. The van der Waals surface area contributed by atoms with Gasteiger partial charge in [-0.15, -0.1) is 0 Å². The van der Waals surface area contributed by atoms with Gasteiger partial charge in [-0.05, 0) is 6.92 Å². The van der Waals surface area contributed by atoms with E-state index in [9.17, 15) is 0 Å². The smallest absolute Gasteiger partial charge is 0.207 e. The molecule has 0 aromatic rings. The maximum atomic E-state index is 5.49. The van der Waals surface area contributed by atoms with Crippen LogP contribution in [0.2, 0.25) is 0 Å². The maximum absolute atomic E-state index is 5.49. The number of hydrogen-bond donors (Lipinski definition) is 1. The molecule has 0 radical (unpaired) electrons. The predicted octanol–water partition coefficient (Wildman–Crippen LogP) is -0.294. The van der Waals surface area contributed by atoms with Crippen LogP contribution in [0.3, 0.4) is 0 Å². The summed E-state index contributed by atoms with van der Waals surface area (Å²) in [5, 5.41) is 0. The number of ether oxygens (including phenoxy) is 2. The first-order valence-electron chi connectivity index (χ1n) is 2.66. The second-order valence-corrected chi connectivity index (χ2v) is 2.09. The summed E-state index contributed by atoms with van der Waals surface area (Å²) >= 11 is 0.